The first-order chi connectivity index (χ1) is 12.2. The second-order valence-electron chi connectivity index (χ2n) is 7.59. The number of aryl methyl sites for hydroxylation is 1. The number of carbonyl (C=O) groups excluding carboxylic acids is 1. The average molecular weight is 331 g/mol. The minimum Gasteiger partial charge on any atom is -0.449 e. The Labute approximate surface area is 148 Å². The molecule has 1 aliphatic carbocycles. The molecule has 0 amide bonds. The van der Waals surface area contributed by atoms with Crippen LogP contribution in [0.2, 0.25) is 0 Å². The molecule has 5 rings (SSSR count). The zero-order valence-corrected chi connectivity index (χ0v) is 14.4. The van der Waals surface area contributed by atoms with Gasteiger partial charge in [-0.25, -0.2) is 4.79 Å². The molecule has 3 atom stereocenters. The number of esters is 1. The minimum absolute atomic E-state index is 0.203. The zero-order valence-electron chi connectivity index (χ0n) is 14.4. The molecule has 126 valence electrons. The maximum Gasteiger partial charge on any atom is 0.332 e. The Morgan fingerprint density at radius 1 is 1.20 bits per heavy atom. The van der Waals surface area contributed by atoms with E-state index in [1.54, 1.807) is 6.08 Å². The minimum atomic E-state index is -0.450. The molecule has 3 nitrogen and oxygen atoms in total. The van der Waals surface area contributed by atoms with Gasteiger partial charge in [0.25, 0.3) is 0 Å². The number of rotatable bonds is 0. The second kappa shape index (κ2) is 5.34. The van der Waals surface area contributed by atoms with Crippen molar-refractivity contribution in [2.24, 2.45) is 0 Å². The maximum absolute atomic E-state index is 12.1. The predicted molar refractivity (Wildman–Crippen MR) is 95.8 cm³/mol. The number of piperidine rings is 1. The van der Waals surface area contributed by atoms with Crippen LogP contribution in [0, 0.1) is 18.8 Å². The lowest BCUT2D eigenvalue weighted by molar-refractivity contribution is -0.148. The van der Waals surface area contributed by atoms with Crippen LogP contribution in [0.25, 0.3) is 0 Å². The van der Waals surface area contributed by atoms with Crippen LogP contribution in [0.3, 0.4) is 0 Å². The Morgan fingerprint density at radius 2 is 2.04 bits per heavy atom. The van der Waals surface area contributed by atoms with Gasteiger partial charge in [0.2, 0.25) is 0 Å². The summed E-state index contributed by atoms with van der Waals surface area (Å²) in [7, 11) is 0. The Kier molecular flexibility index (Phi) is 3.20. The molecular weight excluding hydrogens is 310 g/mol. The van der Waals surface area contributed by atoms with Gasteiger partial charge in [-0.3, -0.25) is 4.90 Å². The fraction of sp³-hybridized carbons (Fsp3) is 0.409. The number of carbonyl (C=O) groups is 1. The lowest BCUT2D eigenvalue weighted by Gasteiger charge is -2.38. The molecule has 1 aromatic carbocycles. The van der Waals surface area contributed by atoms with E-state index in [1.165, 1.54) is 18.4 Å². The van der Waals surface area contributed by atoms with E-state index in [0.717, 1.165) is 36.1 Å². The first kappa shape index (κ1) is 15.0. The molecule has 3 heteroatoms. The third-order valence-corrected chi connectivity index (χ3v) is 6.06. The van der Waals surface area contributed by atoms with E-state index in [-0.39, 0.29) is 5.97 Å². The third-order valence-electron chi connectivity index (χ3n) is 6.06. The largest absolute Gasteiger partial charge is 0.449 e. The summed E-state index contributed by atoms with van der Waals surface area (Å²) in [5.41, 5.74) is 3.78. The smallest absolute Gasteiger partial charge is 0.332 e. The van der Waals surface area contributed by atoms with Crippen LogP contribution in [0.5, 0.6) is 0 Å². The van der Waals surface area contributed by atoms with E-state index in [2.05, 4.69) is 41.9 Å². The number of benzene rings is 1. The average Bonchev–Trinajstić information content (AvgIpc) is 3.10. The highest BCUT2D eigenvalue weighted by Gasteiger charge is 2.61. The molecule has 3 aliphatic heterocycles. The van der Waals surface area contributed by atoms with Crippen molar-refractivity contribution in [2.45, 2.75) is 50.3 Å². The van der Waals surface area contributed by atoms with Gasteiger partial charge in [-0.1, -0.05) is 42.0 Å². The van der Waals surface area contributed by atoms with Crippen LogP contribution in [-0.2, 0) is 9.53 Å². The highest BCUT2D eigenvalue weighted by atomic mass is 16.6. The lowest BCUT2D eigenvalue weighted by Crippen LogP contribution is -2.48. The van der Waals surface area contributed by atoms with Crippen LogP contribution in [0.1, 0.15) is 36.8 Å². The number of hydrogen-bond donors (Lipinski definition) is 0. The van der Waals surface area contributed by atoms with Gasteiger partial charge in [0.05, 0.1) is 6.04 Å². The molecule has 0 N–H and O–H groups in total. The summed E-state index contributed by atoms with van der Waals surface area (Å²) in [5, 5.41) is 0. The monoisotopic (exact) mass is 331 g/mol. The summed E-state index contributed by atoms with van der Waals surface area (Å²) in [6.45, 7) is 3.17. The lowest BCUT2D eigenvalue weighted by atomic mass is 9.77. The molecule has 0 saturated carbocycles. The quantitative estimate of drug-likeness (QED) is 0.540. The summed E-state index contributed by atoms with van der Waals surface area (Å²) in [6, 6.07) is 8.90. The zero-order chi connectivity index (χ0) is 17.0. The molecule has 3 heterocycles. The number of fused-ring (bicyclic) bond motifs is 3. The molecule has 0 aromatic heterocycles. The summed E-state index contributed by atoms with van der Waals surface area (Å²) in [5.74, 6) is 6.41. The Morgan fingerprint density at radius 3 is 2.88 bits per heavy atom. The van der Waals surface area contributed by atoms with Crippen LogP contribution < -0.4 is 0 Å². The molecule has 4 aliphatic rings. The Balaban J connectivity index is 1.56. The van der Waals surface area contributed by atoms with E-state index >= 15 is 0 Å². The van der Waals surface area contributed by atoms with Crippen LogP contribution in [-0.4, -0.2) is 35.1 Å². The first-order valence-corrected chi connectivity index (χ1v) is 9.17. The number of nitrogens with zero attached hydrogens (tertiary/aromatic N) is 1. The molecule has 2 fully saturated rings. The van der Waals surface area contributed by atoms with Gasteiger partial charge in [0.1, 0.15) is 0 Å². The van der Waals surface area contributed by atoms with Gasteiger partial charge in [-0.05, 0) is 38.4 Å². The highest BCUT2D eigenvalue weighted by Crippen LogP contribution is 2.53. The first-order valence-electron chi connectivity index (χ1n) is 9.17. The van der Waals surface area contributed by atoms with E-state index < -0.39 is 5.60 Å². The van der Waals surface area contributed by atoms with E-state index in [9.17, 15) is 4.79 Å². The van der Waals surface area contributed by atoms with E-state index in [1.807, 2.05) is 12.1 Å². The molecule has 0 unspecified atom stereocenters. The summed E-state index contributed by atoms with van der Waals surface area (Å²) in [4.78, 5) is 14.7. The normalized spacial score (nSPS) is 32.8. The topological polar surface area (TPSA) is 29.5 Å². The summed E-state index contributed by atoms with van der Waals surface area (Å²) >= 11 is 0. The van der Waals surface area contributed by atoms with Crippen molar-refractivity contribution in [1.29, 1.82) is 0 Å². The predicted octanol–water partition coefficient (Wildman–Crippen LogP) is 3.14. The Hall–Kier alpha value is -2.31. The van der Waals surface area contributed by atoms with Crippen LogP contribution in [0.4, 0.5) is 0 Å². The van der Waals surface area contributed by atoms with Crippen molar-refractivity contribution in [3.63, 3.8) is 0 Å². The van der Waals surface area contributed by atoms with Crippen molar-refractivity contribution in [2.75, 3.05) is 6.54 Å². The SMILES string of the molecule is Cc1ccc(C#CC2=C[C@@H]3C[C@@]4(OC(=O)C=C24)[C@H]2CCCCN32)cc1. The van der Waals surface area contributed by atoms with Gasteiger partial charge in [0, 0.05) is 35.2 Å². The second-order valence-corrected chi connectivity index (χ2v) is 7.59. The maximum atomic E-state index is 12.1. The van der Waals surface area contributed by atoms with Gasteiger partial charge in [-0.15, -0.1) is 0 Å². The molecule has 1 spiro atoms. The van der Waals surface area contributed by atoms with Gasteiger partial charge in [0.15, 0.2) is 5.60 Å². The molecule has 2 bridgehead atoms. The molecular formula is C22H21NO2. The van der Waals surface area contributed by atoms with Gasteiger partial charge in [-0.2, -0.15) is 0 Å². The van der Waals surface area contributed by atoms with E-state index in [0.29, 0.717) is 12.1 Å². The fourth-order valence-corrected chi connectivity index (χ4v) is 4.95. The molecule has 25 heavy (non-hydrogen) atoms. The number of ether oxygens (including phenoxy) is 1. The highest BCUT2D eigenvalue weighted by molar-refractivity contribution is 5.90. The van der Waals surface area contributed by atoms with E-state index in [4.69, 9.17) is 4.74 Å². The molecule has 0 radical (unpaired) electrons. The van der Waals surface area contributed by atoms with Gasteiger partial charge >= 0.3 is 5.97 Å². The third kappa shape index (κ3) is 2.21. The van der Waals surface area contributed by atoms with Crippen molar-refractivity contribution in [3.8, 4) is 11.8 Å². The van der Waals surface area contributed by atoms with Crippen LogP contribution >= 0.6 is 0 Å². The molecule has 2 saturated heterocycles. The Bertz CT molecular complexity index is 868. The number of hydrogen-bond acceptors (Lipinski definition) is 3. The van der Waals surface area contributed by atoms with Crippen molar-refractivity contribution < 1.29 is 9.53 Å². The van der Waals surface area contributed by atoms with Crippen LogP contribution in [0.15, 0.2) is 47.6 Å². The standard InChI is InChI=1S/C22H21NO2/c1-15-5-7-16(8-6-15)9-10-17-12-18-14-22(19(17)13-21(24)25-22)20-4-2-3-11-23(18)20/h5-8,12-13,18,20H,2-4,11,14H2,1H3/t18-,20-,22+/m1/s1. The summed E-state index contributed by atoms with van der Waals surface area (Å²) < 4.78 is 5.93. The fourth-order valence-electron chi connectivity index (χ4n) is 4.95. The van der Waals surface area contributed by atoms with Gasteiger partial charge < -0.3 is 4.74 Å². The molecule has 1 aromatic rings. The van der Waals surface area contributed by atoms with Crippen molar-refractivity contribution in [3.05, 3.63) is 58.7 Å². The van der Waals surface area contributed by atoms with Crippen molar-refractivity contribution >= 4 is 5.97 Å². The van der Waals surface area contributed by atoms with Crippen molar-refractivity contribution in [1.82, 2.24) is 4.90 Å². The summed E-state index contributed by atoms with van der Waals surface area (Å²) in [6.07, 6.45) is 8.39.